The molecule has 0 bridgehead atoms. The van der Waals surface area contributed by atoms with E-state index in [1.165, 1.54) is 30.5 Å². The topological polar surface area (TPSA) is 110 Å². The number of hydrogen-bond donors (Lipinski definition) is 2. The van der Waals surface area contributed by atoms with Gasteiger partial charge in [0.1, 0.15) is 17.0 Å². The average molecular weight is 483 g/mol. The zero-order valence-corrected chi connectivity index (χ0v) is 17.7. The molecule has 174 valence electrons. The van der Waals surface area contributed by atoms with E-state index in [4.69, 9.17) is 4.52 Å². The molecule has 13 heteroatoms. The van der Waals surface area contributed by atoms with Gasteiger partial charge in [0.15, 0.2) is 0 Å². The molecule has 4 aromatic rings. The lowest BCUT2D eigenvalue weighted by Gasteiger charge is -2.23. The molecule has 0 atom stereocenters. The first-order valence-corrected chi connectivity index (χ1v) is 9.90. The van der Waals surface area contributed by atoms with Gasteiger partial charge in [-0.25, -0.2) is 4.52 Å². The van der Waals surface area contributed by atoms with Crippen molar-refractivity contribution in [1.82, 2.24) is 30.1 Å². The van der Waals surface area contributed by atoms with Crippen LogP contribution in [0.3, 0.4) is 0 Å². The zero-order chi connectivity index (χ0) is 22.3. The van der Waals surface area contributed by atoms with Gasteiger partial charge in [0.05, 0.1) is 17.5 Å². The number of hydrogen-bond acceptors (Lipinski definition) is 7. The molecule has 3 aromatic heterocycles. The van der Waals surface area contributed by atoms with Crippen molar-refractivity contribution in [3.8, 4) is 28.6 Å². The Morgan fingerprint density at radius 1 is 1.15 bits per heavy atom. The van der Waals surface area contributed by atoms with Gasteiger partial charge in [-0.15, -0.1) is 25.6 Å². The molecule has 4 heterocycles. The Morgan fingerprint density at radius 3 is 2.67 bits per heavy atom. The minimum absolute atomic E-state index is 0. The minimum Gasteiger partial charge on any atom is -0.405 e. The van der Waals surface area contributed by atoms with Crippen LogP contribution in [0.2, 0.25) is 0 Å². The van der Waals surface area contributed by atoms with E-state index in [-0.39, 0.29) is 41.2 Å². The summed E-state index contributed by atoms with van der Waals surface area (Å²) in [6.07, 6.45) is -1.65. The van der Waals surface area contributed by atoms with Gasteiger partial charge in [0.2, 0.25) is 5.82 Å². The van der Waals surface area contributed by atoms with Crippen LogP contribution < -0.4 is 15.6 Å². The quantitative estimate of drug-likeness (QED) is 0.458. The van der Waals surface area contributed by atoms with Crippen molar-refractivity contribution >= 4 is 18.1 Å². The first-order valence-electron chi connectivity index (χ1n) is 9.90. The third kappa shape index (κ3) is 4.57. The number of H-pyrrole nitrogens is 1. The molecular weight excluding hydrogens is 465 g/mol. The third-order valence-electron chi connectivity index (χ3n) is 5.30. The average Bonchev–Trinajstić information content (AvgIpc) is 3.40. The Bertz CT molecular complexity index is 1330. The van der Waals surface area contributed by atoms with Gasteiger partial charge < -0.3 is 19.6 Å². The highest BCUT2D eigenvalue weighted by Crippen LogP contribution is 2.34. The van der Waals surface area contributed by atoms with Crippen LogP contribution in [0.1, 0.15) is 24.5 Å². The summed E-state index contributed by atoms with van der Waals surface area (Å²) in [6.45, 7) is 1.69. The lowest BCUT2D eigenvalue weighted by Crippen LogP contribution is -2.28. The summed E-state index contributed by atoms with van der Waals surface area (Å²) >= 11 is 0. The fraction of sp³-hybridized carbons (Fsp3) is 0.300. The smallest absolute Gasteiger partial charge is 0.405 e. The summed E-state index contributed by atoms with van der Waals surface area (Å²) in [5.74, 6) is -0.363. The Labute approximate surface area is 190 Å². The fourth-order valence-corrected chi connectivity index (χ4v) is 3.89. The number of para-hydroxylation sites is 1. The Morgan fingerprint density at radius 2 is 1.91 bits per heavy atom. The van der Waals surface area contributed by atoms with E-state index in [2.05, 4.69) is 30.3 Å². The van der Waals surface area contributed by atoms with Crippen LogP contribution in [-0.4, -0.2) is 44.2 Å². The van der Waals surface area contributed by atoms with Gasteiger partial charge in [-0.3, -0.25) is 4.79 Å². The van der Waals surface area contributed by atoms with Gasteiger partial charge >= 0.3 is 6.36 Å². The number of alkyl halides is 3. The number of benzene rings is 1. The highest BCUT2D eigenvalue weighted by Gasteiger charge is 2.33. The first-order chi connectivity index (χ1) is 15.4. The maximum absolute atomic E-state index is 12.7. The lowest BCUT2D eigenvalue weighted by atomic mass is 9.94. The van der Waals surface area contributed by atoms with Gasteiger partial charge in [0, 0.05) is 12.0 Å². The van der Waals surface area contributed by atoms with E-state index in [9.17, 15) is 18.0 Å². The summed E-state index contributed by atoms with van der Waals surface area (Å²) < 4.78 is 49.2. The second kappa shape index (κ2) is 8.87. The maximum Gasteiger partial charge on any atom is 0.573 e. The summed E-state index contributed by atoms with van der Waals surface area (Å²) in [5.41, 5.74) is 1.24. The number of fused-ring (bicyclic) bond motifs is 1. The second-order valence-electron chi connectivity index (χ2n) is 7.37. The number of rotatable bonds is 4. The van der Waals surface area contributed by atoms with Crippen molar-refractivity contribution in [1.29, 1.82) is 0 Å². The molecule has 1 aromatic carbocycles. The predicted molar refractivity (Wildman–Crippen MR) is 113 cm³/mol. The molecule has 5 rings (SSSR count). The molecule has 1 aliphatic heterocycles. The number of ether oxygens (including phenoxy) is 1. The van der Waals surface area contributed by atoms with Crippen LogP contribution in [-0.2, 0) is 0 Å². The molecule has 0 radical (unpaired) electrons. The number of halogens is 4. The zero-order valence-electron chi connectivity index (χ0n) is 16.9. The molecule has 9 nitrogen and oxygen atoms in total. The van der Waals surface area contributed by atoms with Crippen molar-refractivity contribution in [2.24, 2.45) is 0 Å². The second-order valence-corrected chi connectivity index (χ2v) is 7.37. The fourth-order valence-electron chi connectivity index (χ4n) is 3.89. The Hall–Kier alpha value is -3.38. The number of nitrogens with zero attached hydrogens (tertiary/aromatic N) is 4. The van der Waals surface area contributed by atoms with E-state index in [0.717, 1.165) is 37.7 Å². The van der Waals surface area contributed by atoms with Crippen molar-refractivity contribution < 1.29 is 22.4 Å². The third-order valence-corrected chi connectivity index (χ3v) is 5.30. The molecule has 2 N–H and O–H groups in total. The molecule has 1 saturated heterocycles. The molecule has 0 amide bonds. The van der Waals surface area contributed by atoms with Crippen LogP contribution in [0.25, 0.3) is 28.5 Å². The van der Waals surface area contributed by atoms with Crippen molar-refractivity contribution in [2.75, 3.05) is 13.1 Å². The van der Waals surface area contributed by atoms with Crippen LogP contribution in [0.4, 0.5) is 13.2 Å². The Balaban J connectivity index is 0.00000259. The number of aromatic amines is 1. The van der Waals surface area contributed by atoms with Gasteiger partial charge in [-0.05, 0) is 38.1 Å². The van der Waals surface area contributed by atoms with E-state index in [1.54, 1.807) is 4.52 Å². The first kappa shape index (κ1) is 22.8. The summed E-state index contributed by atoms with van der Waals surface area (Å²) in [6, 6.07) is 7.03. The SMILES string of the molecule is Cl.O=c1cc(C2CCNCC2)n2ncc(-c3nc(-c4ccccc4OC(F)(F)F)no3)c2[nH]1. The summed E-state index contributed by atoms with van der Waals surface area (Å²) in [4.78, 5) is 19.3. The van der Waals surface area contributed by atoms with Gasteiger partial charge in [-0.2, -0.15) is 10.1 Å². The standard InChI is InChI=1S/C20H17F3N6O3.ClH/c21-20(22,23)31-15-4-2-1-3-12(15)17-27-19(32-28-17)13-10-25-29-14(9-16(30)26-18(13)29)11-5-7-24-8-6-11;/h1-4,9-11,24H,5-8H2,(H,26,30);1H. The Kier molecular flexibility index (Phi) is 6.13. The number of nitrogens with one attached hydrogen (secondary N) is 2. The highest BCUT2D eigenvalue weighted by molar-refractivity contribution is 5.85. The molecule has 1 fully saturated rings. The molecule has 0 saturated carbocycles. The van der Waals surface area contributed by atoms with E-state index < -0.39 is 12.1 Å². The minimum atomic E-state index is -4.87. The number of aromatic nitrogens is 5. The van der Waals surface area contributed by atoms with E-state index in [0.29, 0.717) is 11.2 Å². The normalized spacial score (nSPS) is 14.9. The van der Waals surface area contributed by atoms with Crippen LogP contribution in [0.15, 0.2) is 45.8 Å². The molecule has 0 aliphatic carbocycles. The summed E-state index contributed by atoms with van der Waals surface area (Å²) in [5, 5.41) is 11.5. The molecule has 33 heavy (non-hydrogen) atoms. The predicted octanol–water partition coefficient (Wildman–Crippen LogP) is 3.53. The van der Waals surface area contributed by atoms with E-state index in [1.807, 2.05) is 0 Å². The molecule has 0 spiro atoms. The van der Waals surface area contributed by atoms with Gasteiger partial charge in [0.25, 0.3) is 11.4 Å². The van der Waals surface area contributed by atoms with E-state index >= 15 is 0 Å². The molecular formula is C20H18ClF3N6O3. The number of piperidine rings is 1. The summed E-state index contributed by atoms with van der Waals surface area (Å²) in [7, 11) is 0. The van der Waals surface area contributed by atoms with Crippen LogP contribution in [0, 0.1) is 0 Å². The van der Waals surface area contributed by atoms with Crippen molar-refractivity contribution in [2.45, 2.75) is 25.1 Å². The van der Waals surface area contributed by atoms with Crippen LogP contribution in [0.5, 0.6) is 5.75 Å². The molecule has 0 unspecified atom stereocenters. The van der Waals surface area contributed by atoms with Crippen molar-refractivity contribution in [3.05, 3.63) is 52.6 Å². The largest absolute Gasteiger partial charge is 0.573 e. The monoisotopic (exact) mass is 482 g/mol. The lowest BCUT2D eigenvalue weighted by molar-refractivity contribution is -0.274. The van der Waals surface area contributed by atoms with Gasteiger partial charge in [-0.1, -0.05) is 17.3 Å². The molecule has 1 aliphatic rings. The highest BCUT2D eigenvalue weighted by atomic mass is 35.5. The maximum atomic E-state index is 12.7. The van der Waals surface area contributed by atoms with Crippen LogP contribution >= 0.6 is 12.4 Å². The van der Waals surface area contributed by atoms with Crippen molar-refractivity contribution in [3.63, 3.8) is 0 Å².